The van der Waals surface area contributed by atoms with E-state index in [0.29, 0.717) is 49.1 Å². The lowest BCUT2D eigenvalue weighted by Crippen LogP contribution is -2.47. The second-order valence-corrected chi connectivity index (χ2v) is 7.85. The normalized spacial score (nSPS) is 17.5. The van der Waals surface area contributed by atoms with Crippen molar-refractivity contribution in [3.63, 3.8) is 0 Å². The molecule has 2 heterocycles. The quantitative estimate of drug-likeness (QED) is 0.548. The van der Waals surface area contributed by atoms with E-state index in [4.69, 9.17) is 25.8 Å². The molecule has 30 heavy (non-hydrogen) atoms. The molecule has 0 aromatic heterocycles. The van der Waals surface area contributed by atoms with E-state index in [-0.39, 0.29) is 5.91 Å². The van der Waals surface area contributed by atoms with Crippen LogP contribution in [0.25, 0.3) is 10.8 Å². The number of carbonyl (C=O) groups is 1. The maximum absolute atomic E-state index is 13.3. The Morgan fingerprint density at radius 3 is 2.63 bits per heavy atom. The van der Waals surface area contributed by atoms with Crippen molar-refractivity contribution in [3.8, 4) is 5.75 Å². The zero-order chi connectivity index (χ0) is 20.6. The Hall–Kier alpha value is -2.60. The standard InChI is InChI=1S/C24H22ClNO4/c25-20-11-4-10-19-22(20)26(23(27)24(19)29-15-6-16-30-24)13-5-14-28-21-12-3-8-17-7-1-2-9-18(17)21/h1-4,7-12H,5-6,13-16H2. The summed E-state index contributed by atoms with van der Waals surface area (Å²) in [6.07, 6.45) is 1.42. The molecule has 5 rings (SSSR count). The van der Waals surface area contributed by atoms with Crippen LogP contribution in [-0.4, -0.2) is 32.3 Å². The molecule has 154 valence electrons. The molecule has 5 nitrogen and oxygen atoms in total. The van der Waals surface area contributed by atoms with E-state index >= 15 is 0 Å². The number of amides is 1. The van der Waals surface area contributed by atoms with Crippen molar-refractivity contribution in [1.29, 1.82) is 0 Å². The van der Waals surface area contributed by atoms with Gasteiger partial charge < -0.3 is 19.1 Å². The number of fused-ring (bicyclic) bond motifs is 3. The Morgan fingerprint density at radius 1 is 1.00 bits per heavy atom. The molecule has 6 heteroatoms. The highest BCUT2D eigenvalue weighted by atomic mass is 35.5. The van der Waals surface area contributed by atoms with E-state index in [0.717, 1.165) is 22.9 Å². The van der Waals surface area contributed by atoms with Crippen LogP contribution in [0.2, 0.25) is 5.02 Å². The van der Waals surface area contributed by atoms with Crippen molar-refractivity contribution in [3.05, 3.63) is 71.2 Å². The first-order chi connectivity index (χ1) is 14.7. The fourth-order valence-electron chi connectivity index (χ4n) is 4.20. The number of anilines is 1. The monoisotopic (exact) mass is 423 g/mol. The molecule has 0 N–H and O–H groups in total. The lowest BCUT2D eigenvalue weighted by molar-refractivity contribution is -0.256. The van der Waals surface area contributed by atoms with Gasteiger partial charge in [-0.25, -0.2) is 0 Å². The van der Waals surface area contributed by atoms with Gasteiger partial charge in [-0.05, 0) is 30.4 Å². The molecular weight excluding hydrogens is 402 g/mol. The summed E-state index contributed by atoms with van der Waals surface area (Å²) in [5, 5.41) is 2.73. The first-order valence-electron chi connectivity index (χ1n) is 10.2. The number of halogens is 1. The summed E-state index contributed by atoms with van der Waals surface area (Å²) in [5.41, 5.74) is 1.37. The average molecular weight is 424 g/mol. The third kappa shape index (κ3) is 3.14. The van der Waals surface area contributed by atoms with Gasteiger partial charge in [0.25, 0.3) is 11.7 Å². The van der Waals surface area contributed by atoms with E-state index in [1.807, 2.05) is 42.5 Å². The zero-order valence-electron chi connectivity index (χ0n) is 16.5. The summed E-state index contributed by atoms with van der Waals surface area (Å²) < 4.78 is 17.8. The molecule has 0 aliphatic carbocycles. The van der Waals surface area contributed by atoms with Crippen LogP contribution in [0.15, 0.2) is 60.7 Å². The SMILES string of the molecule is O=C1N(CCCOc2cccc3ccccc23)c2c(Cl)cccc2C12OCCCO2. The van der Waals surface area contributed by atoms with Gasteiger partial charge in [0.05, 0.1) is 30.5 Å². The van der Waals surface area contributed by atoms with Crippen molar-refractivity contribution in [1.82, 2.24) is 0 Å². The van der Waals surface area contributed by atoms with Gasteiger partial charge in [-0.1, -0.05) is 60.1 Å². The maximum atomic E-state index is 13.3. The number of hydrogen-bond acceptors (Lipinski definition) is 4. The summed E-state index contributed by atoms with van der Waals surface area (Å²) in [5.74, 6) is -0.736. The number of nitrogens with zero attached hydrogens (tertiary/aromatic N) is 1. The maximum Gasteiger partial charge on any atom is 0.292 e. The van der Waals surface area contributed by atoms with Crippen LogP contribution in [-0.2, 0) is 20.1 Å². The van der Waals surface area contributed by atoms with E-state index < -0.39 is 5.79 Å². The molecule has 3 aromatic carbocycles. The summed E-state index contributed by atoms with van der Waals surface area (Å²) >= 11 is 6.47. The van der Waals surface area contributed by atoms with E-state index in [1.54, 1.807) is 11.0 Å². The summed E-state index contributed by atoms with van der Waals surface area (Å²) in [4.78, 5) is 15.0. The van der Waals surface area contributed by atoms with Gasteiger partial charge in [0.1, 0.15) is 5.75 Å². The molecule has 0 saturated carbocycles. The molecule has 3 aromatic rings. The van der Waals surface area contributed by atoms with Crippen molar-refractivity contribution in [2.75, 3.05) is 31.3 Å². The first-order valence-corrected chi connectivity index (χ1v) is 10.6. The van der Waals surface area contributed by atoms with Gasteiger partial charge >= 0.3 is 0 Å². The second kappa shape index (κ2) is 7.91. The van der Waals surface area contributed by atoms with Gasteiger partial charge in [-0.15, -0.1) is 0 Å². The van der Waals surface area contributed by atoms with Crippen LogP contribution in [0, 0.1) is 0 Å². The molecule has 1 spiro atoms. The first kappa shape index (κ1) is 19.4. The van der Waals surface area contributed by atoms with E-state index in [2.05, 4.69) is 12.1 Å². The molecule has 2 aliphatic rings. The number of ether oxygens (including phenoxy) is 3. The minimum absolute atomic E-state index is 0.213. The predicted octanol–water partition coefficient (Wildman–Crippen LogP) is 4.90. The molecule has 0 radical (unpaired) electrons. The van der Waals surface area contributed by atoms with E-state index in [9.17, 15) is 4.79 Å². The lowest BCUT2D eigenvalue weighted by Gasteiger charge is -2.32. The lowest BCUT2D eigenvalue weighted by atomic mass is 10.1. The van der Waals surface area contributed by atoms with Crippen LogP contribution in [0.4, 0.5) is 5.69 Å². The molecule has 0 atom stereocenters. The second-order valence-electron chi connectivity index (χ2n) is 7.44. The fraction of sp³-hybridized carbons (Fsp3) is 0.292. The number of hydrogen-bond donors (Lipinski definition) is 0. The topological polar surface area (TPSA) is 48.0 Å². The summed E-state index contributed by atoms with van der Waals surface area (Å²) in [6, 6.07) is 19.6. The predicted molar refractivity (Wildman–Crippen MR) is 116 cm³/mol. The van der Waals surface area contributed by atoms with Gasteiger partial charge in [0, 0.05) is 17.5 Å². The van der Waals surface area contributed by atoms with Crippen molar-refractivity contribution < 1.29 is 19.0 Å². The van der Waals surface area contributed by atoms with Crippen LogP contribution in [0.1, 0.15) is 18.4 Å². The Morgan fingerprint density at radius 2 is 1.77 bits per heavy atom. The highest BCUT2D eigenvalue weighted by molar-refractivity contribution is 6.35. The minimum atomic E-state index is -1.37. The number of para-hydroxylation sites is 1. The van der Waals surface area contributed by atoms with Crippen LogP contribution >= 0.6 is 11.6 Å². The molecule has 2 aliphatic heterocycles. The Bertz CT molecular complexity index is 1090. The van der Waals surface area contributed by atoms with Crippen molar-refractivity contribution in [2.24, 2.45) is 0 Å². The van der Waals surface area contributed by atoms with E-state index in [1.165, 1.54) is 0 Å². The van der Waals surface area contributed by atoms with Gasteiger partial charge in [0.15, 0.2) is 0 Å². The Labute approximate surface area is 180 Å². The molecular formula is C24H22ClNO4. The van der Waals surface area contributed by atoms with Crippen LogP contribution in [0.3, 0.4) is 0 Å². The third-order valence-electron chi connectivity index (χ3n) is 5.57. The zero-order valence-corrected chi connectivity index (χ0v) is 17.2. The molecule has 1 fully saturated rings. The van der Waals surface area contributed by atoms with Crippen molar-refractivity contribution in [2.45, 2.75) is 18.6 Å². The molecule has 1 saturated heterocycles. The largest absolute Gasteiger partial charge is 0.493 e. The van der Waals surface area contributed by atoms with Crippen LogP contribution in [0.5, 0.6) is 5.75 Å². The molecule has 0 bridgehead atoms. The fourth-order valence-corrected chi connectivity index (χ4v) is 4.48. The van der Waals surface area contributed by atoms with Gasteiger partial charge in [0.2, 0.25) is 0 Å². The van der Waals surface area contributed by atoms with Crippen LogP contribution < -0.4 is 9.64 Å². The Balaban J connectivity index is 1.32. The summed E-state index contributed by atoms with van der Waals surface area (Å²) in [6.45, 7) is 1.91. The van der Waals surface area contributed by atoms with Gasteiger partial charge in [-0.2, -0.15) is 0 Å². The summed E-state index contributed by atoms with van der Waals surface area (Å²) in [7, 11) is 0. The molecule has 1 amide bonds. The Kier molecular flexibility index (Phi) is 5.11. The third-order valence-corrected chi connectivity index (χ3v) is 5.88. The number of benzene rings is 3. The smallest absolute Gasteiger partial charge is 0.292 e. The minimum Gasteiger partial charge on any atom is -0.493 e. The number of carbonyl (C=O) groups excluding carboxylic acids is 1. The van der Waals surface area contributed by atoms with Gasteiger partial charge in [-0.3, -0.25) is 4.79 Å². The molecule has 0 unspecified atom stereocenters. The average Bonchev–Trinajstić information content (AvgIpc) is 3.01. The van der Waals surface area contributed by atoms with Crippen molar-refractivity contribution >= 4 is 34.0 Å². The number of rotatable bonds is 5. The highest BCUT2D eigenvalue weighted by Gasteiger charge is 2.55. The highest BCUT2D eigenvalue weighted by Crippen LogP contribution is 2.48.